The first kappa shape index (κ1) is 27.2. The van der Waals surface area contributed by atoms with Crippen molar-refractivity contribution in [3.63, 3.8) is 0 Å². The van der Waals surface area contributed by atoms with Crippen LogP contribution in [0.1, 0.15) is 33.3 Å². The highest BCUT2D eigenvalue weighted by Gasteiger charge is 2.20. The van der Waals surface area contributed by atoms with Gasteiger partial charge in [-0.2, -0.15) is 5.10 Å². The summed E-state index contributed by atoms with van der Waals surface area (Å²) in [6, 6.07) is 17.8. The van der Waals surface area contributed by atoms with Crippen molar-refractivity contribution < 1.29 is 23.6 Å². The highest BCUT2D eigenvalue weighted by atomic mass is 79.9. The van der Waals surface area contributed by atoms with Gasteiger partial charge in [-0.15, -0.1) is 6.42 Å². The Balaban J connectivity index is 1.34. The van der Waals surface area contributed by atoms with Crippen LogP contribution in [0.4, 0.5) is 5.69 Å². The maximum Gasteiger partial charge on any atom is 0.312 e. The van der Waals surface area contributed by atoms with E-state index in [0.717, 1.165) is 17.1 Å². The molecule has 0 bridgehead atoms. The first-order valence-electron chi connectivity index (χ1n) is 11.6. The summed E-state index contributed by atoms with van der Waals surface area (Å²) in [5.41, 5.74) is 5.71. The lowest BCUT2D eigenvalue weighted by atomic mass is 10.2. The second-order valence-electron chi connectivity index (χ2n) is 8.30. The molecule has 0 saturated carbocycles. The molecule has 0 fully saturated rings. The molecule has 2 aromatic carbocycles. The van der Waals surface area contributed by atoms with Gasteiger partial charge in [0.1, 0.15) is 24.7 Å². The molecule has 0 spiro atoms. The van der Waals surface area contributed by atoms with E-state index >= 15 is 0 Å². The molecule has 0 aliphatic heterocycles. The van der Waals surface area contributed by atoms with Gasteiger partial charge in [-0.1, -0.05) is 5.92 Å². The molecule has 2 aromatic heterocycles. The molecule has 0 radical (unpaired) electrons. The van der Waals surface area contributed by atoms with E-state index in [4.69, 9.17) is 20.3 Å². The van der Waals surface area contributed by atoms with Crippen LogP contribution in [0, 0.1) is 36.3 Å². The van der Waals surface area contributed by atoms with Gasteiger partial charge in [-0.25, -0.2) is 5.43 Å². The molecule has 198 valence electrons. The molecule has 0 saturated heterocycles. The number of aromatic nitrogens is 1. The number of benzene rings is 2. The number of carbonyl (C=O) groups excluding carboxylic acids is 1. The Labute approximate surface area is 232 Å². The third-order valence-electron chi connectivity index (χ3n) is 5.56. The van der Waals surface area contributed by atoms with Gasteiger partial charge in [0.05, 0.1) is 15.6 Å². The number of nitrogens with zero attached hydrogens (tertiary/aromatic N) is 3. The number of nitro benzene ring substituents is 1. The Morgan fingerprint density at radius 2 is 1.87 bits per heavy atom. The van der Waals surface area contributed by atoms with Crippen LogP contribution < -0.4 is 14.9 Å². The number of furan rings is 1. The van der Waals surface area contributed by atoms with Gasteiger partial charge in [0, 0.05) is 28.7 Å². The predicted octanol–water partition coefficient (Wildman–Crippen LogP) is 5.71. The Morgan fingerprint density at radius 3 is 2.54 bits per heavy atom. The van der Waals surface area contributed by atoms with Gasteiger partial charge in [-0.05, 0) is 84.4 Å². The number of rotatable bonds is 10. The zero-order valence-electron chi connectivity index (χ0n) is 21.0. The summed E-state index contributed by atoms with van der Waals surface area (Å²) in [7, 11) is 0. The van der Waals surface area contributed by atoms with Crippen molar-refractivity contribution in [1.82, 2.24) is 9.99 Å². The average Bonchev–Trinajstić information content (AvgIpc) is 3.53. The van der Waals surface area contributed by atoms with Gasteiger partial charge in [-0.3, -0.25) is 14.9 Å². The standard InChI is InChI=1S/C28H23BrN4O6/c1-4-13-37-27-24(29)14-20(15-25(27)33(35)36)16-30-31-28(34)26-12-11-23(39-26)17-38-22-9-7-21(8-10-22)32-18(2)5-6-19(32)3/h1,5-12,14-16H,13,17H2,2-3H3,(H,31,34)/b30-16+. The molecule has 0 atom stereocenters. The van der Waals surface area contributed by atoms with Crippen LogP contribution >= 0.6 is 15.9 Å². The van der Waals surface area contributed by atoms with Crippen LogP contribution in [0.3, 0.4) is 0 Å². The van der Waals surface area contributed by atoms with E-state index in [-0.39, 0.29) is 30.4 Å². The van der Waals surface area contributed by atoms with Gasteiger partial charge < -0.3 is 18.5 Å². The summed E-state index contributed by atoms with van der Waals surface area (Å²) < 4.78 is 19.1. The lowest BCUT2D eigenvalue weighted by molar-refractivity contribution is -0.385. The molecule has 0 aliphatic carbocycles. The van der Waals surface area contributed by atoms with Gasteiger partial charge >= 0.3 is 11.6 Å². The smallest absolute Gasteiger partial charge is 0.312 e. The third-order valence-corrected chi connectivity index (χ3v) is 6.14. The molecular weight excluding hydrogens is 568 g/mol. The van der Waals surface area contributed by atoms with E-state index in [9.17, 15) is 14.9 Å². The highest BCUT2D eigenvalue weighted by Crippen LogP contribution is 2.36. The molecule has 10 nitrogen and oxygen atoms in total. The number of halogens is 1. The number of nitrogens with one attached hydrogen (secondary N) is 1. The third kappa shape index (κ3) is 6.55. The number of aryl methyl sites for hydroxylation is 2. The lowest BCUT2D eigenvalue weighted by Gasteiger charge is -2.10. The highest BCUT2D eigenvalue weighted by molar-refractivity contribution is 9.10. The fourth-order valence-corrected chi connectivity index (χ4v) is 4.37. The van der Waals surface area contributed by atoms with E-state index in [1.54, 1.807) is 12.1 Å². The molecule has 1 N–H and O–H groups in total. The minimum atomic E-state index is -0.600. The van der Waals surface area contributed by atoms with E-state index in [1.807, 2.05) is 38.1 Å². The summed E-state index contributed by atoms with van der Waals surface area (Å²) in [6.45, 7) is 4.10. The van der Waals surface area contributed by atoms with Crippen molar-refractivity contribution in [2.75, 3.05) is 6.61 Å². The Bertz CT molecular complexity index is 1560. The monoisotopic (exact) mass is 590 g/mol. The van der Waals surface area contributed by atoms with Crippen LogP contribution in [-0.2, 0) is 6.61 Å². The van der Waals surface area contributed by atoms with Crippen LogP contribution in [0.2, 0.25) is 0 Å². The van der Waals surface area contributed by atoms with Gasteiger partial charge in [0.15, 0.2) is 5.76 Å². The number of hydrogen-bond acceptors (Lipinski definition) is 7. The number of ether oxygens (including phenoxy) is 2. The van der Waals surface area contributed by atoms with Gasteiger partial charge in [0.25, 0.3) is 0 Å². The number of hydrazone groups is 1. The second kappa shape index (κ2) is 12.1. The molecule has 1 amide bonds. The van der Waals surface area contributed by atoms with E-state index < -0.39 is 10.8 Å². The average molecular weight is 591 g/mol. The number of amides is 1. The van der Waals surface area contributed by atoms with Crippen LogP contribution in [0.15, 0.2) is 74.7 Å². The largest absolute Gasteiger partial charge is 0.486 e. The van der Waals surface area contributed by atoms with Crippen molar-refractivity contribution in [3.8, 4) is 29.5 Å². The normalized spacial score (nSPS) is 10.8. The fourth-order valence-electron chi connectivity index (χ4n) is 3.79. The molecule has 4 rings (SSSR count). The quantitative estimate of drug-likeness (QED) is 0.109. The van der Waals surface area contributed by atoms with Crippen LogP contribution in [0.25, 0.3) is 5.69 Å². The van der Waals surface area contributed by atoms with Crippen molar-refractivity contribution in [2.24, 2.45) is 5.10 Å². The summed E-state index contributed by atoms with van der Waals surface area (Å²) in [4.78, 5) is 23.2. The number of carbonyl (C=O) groups is 1. The SMILES string of the molecule is C#CCOc1c(Br)cc(/C=N/NC(=O)c2ccc(COc3ccc(-n4c(C)ccc4C)cc3)o2)cc1[N+](=O)[O-]. The molecule has 2 heterocycles. The van der Waals surface area contributed by atoms with Crippen molar-refractivity contribution in [2.45, 2.75) is 20.5 Å². The summed E-state index contributed by atoms with van der Waals surface area (Å²) in [5.74, 6) is 2.81. The number of nitro groups is 1. The van der Waals surface area contributed by atoms with E-state index in [0.29, 0.717) is 21.5 Å². The lowest BCUT2D eigenvalue weighted by Crippen LogP contribution is -2.16. The maximum atomic E-state index is 12.4. The predicted molar refractivity (Wildman–Crippen MR) is 148 cm³/mol. The van der Waals surface area contributed by atoms with Crippen LogP contribution in [-0.4, -0.2) is 28.2 Å². The minimum Gasteiger partial charge on any atom is -0.486 e. The van der Waals surface area contributed by atoms with Crippen molar-refractivity contribution in [3.05, 3.63) is 104 Å². The molecule has 11 heteroatoms. The number of hydrogen-bond donors (Lipinski definition) is 1. The number of terminal acetylenes is 1. The van der Waals surface area contributed by atoms with Crippen LogP contribution in [0.5, 0.6) is 11.5 Å². The molecule has 4 aromatic rings. The molecule has 39 heavy (non-hydrogen) atoms. The zero-order chi connectivity index (χ0) is 27.9. The molecular formula is C28H23BrN4O6. The molecule has 0 aliphatic rings. The van der Waals surface area contributed by atoms with Crippen molar-refractivity contribution >= 4 is 33.7 Å². The maximum absolute atomic E-state index is 12.4. The first-order chi connectivity index (χ1) is 18.8. The zero-order valence-corrected chi connectivity index (χ0v) is 22.6. The Morgan fingerprint density at radius 1 is 1.15 bits per heavy atom. The minimum absolute atomic E-state index is 0.00602. The second-order valence-corrected chi connectivity index (χ2v) is 9.15. The summed E-state index contributed by atoms with van der Waals surface area (Å²) in [5, 5.41) is 15.3. The fraction of sp³-hybridized carbons (Fsp3) is 0.143. The summed E-state index contributed by atoms with van der Waals surface area (Å²) >= 11 is 3.23. The van der Waals surface area contributed by atoms with E-state index in [1.165, 1.54) is 18.3 Å². The summed E-state index contributed by atoms with van der Waals surface area (Å²) in [6.07, 6.45) is 6.42. The van der Waals surface area contributed by atoms with Crippen molar-refractivity contribution in [1.29, 1.82) is 0 Å². The topological polar surface area (TPSA) is 121 Å². The van der Waals surface area contributed by atoms with Gasteiger partial charge in [0.2, 0.25) is 5.75 Å². The molecule has 0 unspecified atom stereocenters. The Hall–Kier alpha value is -4.82. The first-order valence-corrected chi connectivity index (χ1v) is 12.4. The Kier molecular flexibility index (Phi) is 8.48. The van der Waals surface area contributed by atoms with E-state index in [2.05, 4.69) is 49.1 Å².